The van der Waals surface area contributed by atoms with Crippen molar-refractivity contribution in [2.45, 2.75) is 84.1 Å². The Labute approximate surface area is 180 Å². The first-order chi connectivity index (χ1) is 14.4. The van der Waals surface area contributed by atoms with Gasteiger partial charge >= 0.3 is 17.9 Å². The Hall–Kier alpha value is -2.16. The lowest BCUT2D eigenvalue weighted by Gasteiger charge is -2.54. The van der Waals surface area contributed by atoms with E-state index in [4.69, 9.17) is 23.7 Å². The van der Waals surface area contributed by atoms with E-state index < -0.39 is 64.9 Å². The molecule has 170 valence electrons. The molecule has 1 saturated carbocycles. The number of carbonyl (C=O) groups is 4. The molecule has 1 aliphatic carbocycles. The molecule has 4 heterocycles. The summed E-state index contributed by atoms with van der Waals surface area (Å²) in [5, 5.41) is 0. The third-order valence-electron chi connectivity index (χ3n) is 8.57. The highest BCUT2D eigenvalue weighted by molar-refractivity contribution is 5.88. The first-order valence-corrected chi connectivity index (χ1v) is 10.8. The molecule has 0 amide bonds. The Morgan fingerprint density at radius 3 is 2.48 bits per heavy atom. The topological polar surface area (TPSA) is 114 Å². The number of rotatable bonds is 2. The molecule has 5 fully saturated rings. The molecule has 0 aromatic carbocycles. The number of fused-ring (bicyclic) bond motifs is 1. The van der Waals surface area contributed by atoms with Crippen LogP contribution >= 0.6 is 0 Å². The molecule has 31 heavy (non-hydrogen) atoms. The highest BCUT2D eigenvalue weighted by Gasteiger charge is 2.90. The lowest BCUT2D eigenvalue weighted by molar-refractivity contribution is -0.214. The van der Waals surface area contributed by atoms with Crippen molar-refractivity contribution in [3.8, 4) is 0 Å². The van der Waals surface area contributed by atoms with E-state index in [1.165, 1.54) is 0 Å². The minimum atomic E-state index is -1.54. The quantitative estimate of drug-likeness (QED) is 0.361. The van der Waals surface area contributed by atoms with Crippen molar-refractivity contribution in [2.24, 2.45) is 28.1 Å². The summed E-state index contributed by atoms with van der Waals surface area (Å²) in [6.45, 7) is 10.1. The molecular weight excluding hydrogens is 408 g/mol. The van der Waals surface area contributed by atoms with Gasteiger partial charge in [-0.2, -0.15) is 0 Å². The zero-order valence-electron chi connectivity index (χ0n) is 18.3. The van der Waals surface area contributed by atoms with Crippen LogP contribution in [-0.4, -0.2) is 54.6 Å². The second kappa shape index (κ2) is 5.99. The van der Waals surface area contributed by atoms with Crippen molar-refractivity contribution < 1.29 is 42.9 Å². The lowest BCUT2D eigenvalue weighted by atomic mass is 9.46. The van der Waals surface area contributed by atoms with E-state index in [-0.39, 0.29) is 30.6 Å². The molecule has 5 rings (SSSR count). The molecule has 9 atom stereocenters. The van der Waals surface area contributed by atoms with Crippen molar-refractivity contribution in [3.05, 3.63) is 0 Å². The third-order valence-corrected chi connectivity index (χ3v) is 8.57. The predicted octanol–water partition coefficient (Wildman–Crippen LogP) is 1.51. The fourth-order valence-electron chi connectivity index (χ4n) is 7.60. The predicted molar refractivity (Wildman–Crippen MR) is 101 cm³/mol. The average Bonchev–Trinajstić information content (AvgIpc) is 3.26. The van der Waals surface area contributed by atoms with Gasteiger partial charge in [0, 0.05) is 11.3 Å². The number of hydrogen-bond donors (Lipinski definition) is 0. The van der Waals surface area contributed by atoms with Crippen molar-refractivity contribution in [1.82, 2.24) is 0 Å². The number of cyclic esters (lactones) is 1. The summed E-state index contributed by atoms with van der Waals surface area (Å²) in [4.78, 5) is 50.2. The van der Waals surface area contributed by atoms with E-state index in [0.29, 0.717) is 6.42 Å². The van der Waals surface area contributed by atoms with Crippen LogP contribution in [0.25, 0.3) is 0 Å². The number of esters is 3. The van der Waals surface area contributed by atoms with Crippen molar-refractivity contribution in [1.29, 1.82) is 0 Å². The Balaban J connectivity index is 1.82. The Morgan fingerprint density at radius 1 is 1.13 bits per heavy atom. The molecule has 5 aliphatic rings. The van der Waals surface area contributed by atoms with Gasteiger partial charge in [0.1, 0.15) is 6.10 Å². The first-order valence-electron chi connectivity index (χ1n) is 10.8. The largest absolute Gasteiger partial charge is 0.462 e. The fourth-order valence-corrected chi connectivity index (χ4v) is 7.60. The van der Waals surface area contributed by atoms with E-state index in [2.05, 4.69) is 0 Å². The monoisotopic (exact) mass is 436 g/mol. The van der Waals surface area contributed by atoms with Gasteiger partial charge in [0.25, 0.3) is 6.47 Å². The molecule has 9 heteroatoms. The minimum absolute atomic E-state index is 0.0138. The molecular formula is C22H28O9. The zero-order valence-corrected chi connectivity index (χ0v) is 18.3. The van der Waals surface area contributed by atoms with E-state index in [1.807, 2.05) is 27.7 Å². The average molecular weight is 436 g/mol. The molecule has 1 spiro atoms. The first kappa shape index (κ1) is 20.7. The second-order valence-electron chi connectivity index (χ2n) is 10.9. The van der Waals surface area contributed by atoms with Gasteiger partial charge in [-0.05, 0) is 31.1 Å². The van der Waals surface area contributed by atoms with Gasteiger partial charge in [-0.15, -0.1) is 0 Å². The van der Waals surface area contributed by atoms with Gasteiger partial charge in [0.2, 0.25) is 12.4 Å². The molecule has 9 nitrogen and oxygen atoms in total. The van der Waals surface area contributed by atoms with Crippen LogP contribution in [0.15, 0.2) is 0 Å². The third kappa shape index (κ3) is 2.16. The van der Waals surface area contributed by atoms with Crippen LogP contribution in [0.3, 0.4) is 0 Å². The van der Waals surface area contributed by atoms with Crippen LogP contribution < -0.4 is 0 Å². The van der Waals surface area contributed by atoms with Crippen LogP contribution in [0.1, 0.15) is 53.9 Å². The van der Waals surface area contributed by atoms with Gasteiger partial charge < -0.3 is 23.7 Å². The molecule has 0 N–H and O–H groups in total. The van der Waals surface area contributed by atoms with Crippen molar-refractivity contribution >= 4 is 24.4 Å². The number of ether oxygens (including phenoxy) is 5. The molecule has 4 aliphatic heterocycles. The summed E-state index contributed by atoms with van der Waals surface area (Å²) in [6.07, 6.45) is -2.63. The molecule has 4 saturated heterocycles. The van der Waals surface area contributed by atoms with Crippen molar-refractivity contribution in [3.63, 3.8) is 0 Å². The van der Waals surface area contributed by atoms with Gasteiger partial charge in [-0.3, -0.25) is 9.59 Å². The number of carbonyl (C=O) groups excluding carboxylic acids is 4. The van der Waals surface area contributed by atoms with Crippen molar-refractivity contribution in [2.75, 3.05) is 0 Å². The normalized spacial score (nSPS) is 50.4. The summed E-state index contributed by atoms with van der Waals surface area (Å²) >= 11 is 0. The van der Waals surface area contributed by atoms with E-state index in [9.17, 15) is 19.2 Å². The maximum Gasteiger partial charge on any atom is 0.350 e. The van der Waals surface area contributed by atoms with Crippen LogP contribution in [0.4, 0.5) is 0 Å². The van der Waals surface area contributed by atoms with Gasteiger partial charge in [0.15, 0.2) is 5.60 Å². The smallest absolute Gasteiger partial charge is 0.350 e. The highest BCUT2D eigenvalue weighted by Crippen LogP contribution is 2.77. The van der Waals surface area contributed by atoms with E-state index in [0.717, 1.165) is 0 Å². The SMILES string of the molecule is CC1C[C@@H](C(C)(C)C)C23[C@@H](OC(=O)[C@@H]2OC=O)O[C@@]2(C(=O)O1)C1CC(=O)OC1CC32C. The maximum absolute atomic E-state index is 13.7. The summed E-state index contributed by atoms with van der Waals surface area (Å²) in [5.74, 6) is -2.49. The minimum Gasteiger partial charge on any atom is -0.462 e. The zero-order chi connectivity index (χ0) is 22.6. The fraction of sp³-hybridized carbons (Fsp3) is 0.818. The van der Waals surface area contributed by atoms with Crippen LogP contribution in [0.2, 0.25) is 0 Å². The second-order valence-corrected chi connectivity index (χ2v) is 10.9. The van der Waals surface area contributed by atoms with E-state index >= 15 is 0 Å². The molecule has 5 unspecified atom stereocenters. The Kier molecular flexibility index (Phi) is 4.01. The highest BCUT2D eigenvalue weighted by atomic mass is 16.7. The summed E-state index contributed by atoms with van der Waals surface area (Å²) < 4.78 is 28.9. The number of hydrogen-bond acceptors (Lipinski definition) is 9. The Bertz CT molecular complexity index is 877. The van der Waals surface area contributed by atoms with E-state index in [1.54, 1.807) is 6.92 Å². The Morgan fingerprint density at radius 2 is 1.84 bits per heavy atom. The van der Waals surface area contributed by atoms with Crippen LogP contribution in [0, 0.1) is 28.1 Å². The van der Waals surface area contributed by atoms with Gasteiger partial charge in [-0.1, -0.05) is 27.7 Å². The maximum atomic E-state index is 13.7. The summed E-state index contributed by atoms with van der Waals surface area (Å²) in [5.41, 5.74) is -4.10. The molecule has 0 aromatic heterocycles. The summed E-state index contributed by atoms with van der Waals surface area (Å²) in [7, 11) is 0. The molecule has 0 aromatic rings. The molecule has 2 bridgehead atoms. The lowest BCUT2D eigenvalue weighted by Crippen LogP contribution is -2.65. The van der Waals surface area contributed by atoms with Crippen LogP contribution in [-0.2, 0) is 42.9 Å². The van der Waals surface area contributed by atoms with Gasteiger partial charge in [-0.25, -0.2) is 9.59 Å². The molecule has 0 radical (unpaired) electrons. The van der Waals surface area contributed by atoms with Gasteiger partial charge in [0.05, 0.1) is 17.9 Å². The standard InChI is InChI=1S/C22H28O9/c1-10-6-13(19(2,3)4)21-15(27-9-23)16(25)30-18(21)31-22(17(26)28-10)11-7-14(24)29-12(11)8-20(21,22)5/h9-13,15,18H,6-8H2,1-5H3/t10?,11?,12?,13-,15-,18-,20?,21?,22+/m0/s1. The summed E-state index contributed by atoms with van der Waals surface area (Å²) in [6, 6.07) is 0. The van der Waals surface area contributed by atoms with Crippen LogP contribution in [0.5, 0.6) is 0 Å².